The summed E-state index contributed by atoms with van der Waals surface area (Å²) >= 11 is 0. The highest BCUT2D eigenvalue weighted by Crippen LogP contribution is 2.29. The van der Waals surface area contributed by atoms with Crippen molar-refractivity contribution in [3.05, 3.63) is 77.4 Å². The molecule has 1 aromatic heterocycles. The lowest BCUT2D eigenvalue weighted by atomic mass is 9.94. The maximum atomic E-state index is 14.5. The average molecular weight is 338 g/mol. The second-order valence-corrected chi connectivity index (χ2v) is 5.79. The highest BCUT2D eigenvalue weighted by Gasteiger charge is 2.16. The van der Waals surface area contributed by atoms with Gasteiger partial charge in [-0.05, 0) is 17.2 Å². The number of hydrogen-bond donors (Lipinski definition) is 2. The molecule has 0 radical (unpaired) electrons. The summed E-state index contributed by atoms with van der Waals surface area (Å²) in [6.45, 7) is 2.17. The van der Waals surface area contributed by atoms with Crippen molar-refractivity contribution in [2.45, 2.75) is 19.4 Å². The van der Waals surface area contributed by atoms with Gasteiger partial charge < -0.3 is 16.0 Å². The number of halogens is 1. The molecule has 0 aliphatic heterocycles. The number of aliphatic imine (C=N–C) groups is 1. The molecule has 1 atom stereocenters. The number of nitrogens with two attached hydrogens (primary N) is 2. The van der Waals surface area contributed by atoms with Crippen LogP contribution in [0.3, 0.4) is 0 Å². The Morgan fingerprint density at radius 3 is 2.60 bits per heavy atom. The highest BCUT2D eigenvalue weighted by atomic mass is 19.1. The third-order valence-electron chi connectivity index (χ3n) is 4.02. The van der Waals surface area contributed by atoms with E-state index in [1.807, 2.05) is 43.3 Å². The molecule has 25 heavy (non-hydrogen) atoms. The van der Waals surface area contributed by atoms with E-state index in [9.17, 15) is 4.39 Å². The molecule has 0 aliphatic rings. The van der Waals surface area contributed by atoms with Crippen LogP contribution in [0.5, 0.6) is 0 Å². The van der Waals surface area contributed by atoms with Gasteiger partial charge in [-0.2, -0.15) is 0 Å². The molecular weight excluding hydrogens is 319 g/mol. The quantitative estimate of drug-likeness (QED) is 0.551. The summed E-state index contributed by atoms with van der Waals surface area (Å²) in [5.74, 6) is 0.164. The summed E-state index contributed by atoms with van der Waals surface area (Å²) < 4.78 is 19.8. The largest absolute Gasteiger partial charge is 0.370 e. The summed E-state index contributed by atoms with van der Waals surface area (Å²) in [6.07, 6.45) is 0. The zero-order valence-corrected chi connectivity index (χ0v) is 13.8. The van der Waals surface area contributed by atoms with Crippen LogP contribution in [-0.2, 0) is 6.54 Å². The average Bonchev–Trinajstić information content (AvgIpc) is 3.09. The fraction of sp³-hybridized carbons (Fsp3) is 0.158. The van der Waals surface area contributed by atoms with Crippen LogP contribution < -0.4 is 11.5 Å². The molecule has 0 fully saturated rings. The first kappa shape index (κ1) is 16.7. The van der Waals surface area contributed by atoms with Crippen molar-refractivity contribution in [2.75, 3.05) is 0 Å². The van der Waals surface area contributed by atoms with Crippen LogP contribution >= 0.6 is 0 Å². The van der Waals surface area contributed by atoms with Crippen LogP contribution in [-0.4, -0.2) is 11.1 Å². The fourth-order valence-electron chi connectivity index (χ4n) is 2.60. The van der Waals surface area contributed by atoms with Gasteiger partial charge in [-0.15, -0.1) is 0 Å². The van der Waals surface area contributed by atoms with Crippen LogP contribution in [0.2, 0.25) is 0 Å². The Balaban J connectivity index is 1.82. The molecule has 1 unspecified atom stereocenters. The van der Waals surface area contributed by atoms with Gasteiger partial charge in [0.25, 0.3) is 0 Å². The lowest BCUT2D eigenvalue weighted by Crippen LogP contribution is -2.22. The minimum atomic E-state index is -0.264. The van der Waals surface area contributed by atoms with Crippen LogP contribution in [0.4, 0.5) is 4.39 Å². The molecule has 0 bridgehead atoms. The van der Waals surface area contributed by atoms with Crippen LogP contribution in [0.15, 0.2) is 64.1 Å². The van der Waals surface area contributed by atoms with Gasteiger partial charge in [0, 0.05) is 17.5 Å². The minimum absolute atomic E-state index is 0.00966. The number of guanidine groups is 1. The molecule has 0 saturated carbocycles. The van der Waals surface area contributed by atoms with E-state index in [0.717, 1.165) is 11.1 Å². The predicted octanol–water partition coefficient (Wildman–Crippen LogP) is 3.41. The van der Waals surface area contributed by atoms with E-state index in [1.165, 1.54) is 6.07 Å². The summed E-state index contributed by atoms with van der Waals surface area (Å²) in [6, 6.07) is 16.5. The van der Waals surface area contributed by atoms with Gasteiger partial charge in [-0.1, -0.05) is 54.5 Å². The summed E-state index contributed by atoms with van der Waals surface area (Å²) in [5, 5.41) is 4.03. The van der Waals surface area contributed by atoms with Gasteiger partial charge in [0.15, 0.2) is 11.7 Å². The Hall–Kier alpha value is -3.15. The molecule has 0 aliphatic carbocycles. The lowest BCUT2D eigenvalue weighted by molar-refractivity contribution is 0.377. The maximum Gasteiger partial charge on any atom is 0.186 e. The number of benzene rings is 2. The number of rotatable bonds is 5. The normalized spacial score (nSPS) is 11.9. The predicted molar refractivity (Wildman–Crippen MR) is 95.4 cm³/mol. The van der Waals surface area contributed by atoms with E-state index in [4.69, 9.17) is 16.0 Å². The Labute approximate surface area is 145 Å². The molecule has 3 aromatic rings. The van der Waals surface area contributed by atoms with Gasteiger partial charge in [0.1, 0.15) is 12.4 Å². The van der Waals surface area contributed by atoms with Crippen LogP contribution in [0.25, 0.3) is 11.1 Å². The fourth-order valence-corrected chi connectivity index (χ4v) is 2.60. The van der Waals surface area contributed by atoms with Crippen molar-refractivity contribution < 1.29 is 8.91 Å². The molecule has 4 N–H and O–H groups in total. The molecule has 0 saturated heterocycles. The van der Waals surface area contributed by atoms with Gasteiger partial charge >= 0.3 is 0 Å². The zero-order chi connectivity index (χ0) is 17.8. The topological polar surface area (TPSA) is 90.4 Å². The van der Waals surface area contributed by atoms with Crippen molar-refractivity contribution in [2.24, 2.45) is 16.5 Å². The molecule has 3 rings (SSSR count). The smallest absolute Gasteiger partial charge is 0.186 e. The molecule has 2 aromatic carbocycles. The van der Waals surface area contributed by atoms with Gasteiger partial charge in [-0.3, -0.25) is 0 Å². The Bertz CT molecular complexity index is 885. The van der Waals surface area contributed by atoms with E-state index >= 15 is 0 Å². The zero-order valence-electron chi connectivity index (χ0n) is 13.8. The maximum absolute atomic E-state index is 14.5. The number of hydrogen-bond acceptors (Lipinski definition) is 3. The Morgan fingerprint density at radius 2 is 1.92 bits per heavy atom. The van der Waals surface area contributed by atoms with Crippen LogP contribution in [0.1, 0.15) is 29.9 Å². The van der Waals surface area contributed by atoms with Crippen molar-refractivity contribution >= 4 is 5.96 Å². The minimum Gasteiger partial charge on any atom is -0.370 e. The number of nitrogens with zero attached hydrogens (tertiary/aromatic N) is 2. The second kappa shape index (κ2) is 7.17. The standard InChI is InChI=1S/C19H19FN4O/c1-12(18-10-15(25-24-18)11-23-19(21)22)14-7-8-16(17(20)9-14)13-5-3-2-4-6-13/h2-10,12H,11H2,1H3,(H4,21,22,23). The molecule has 128 valence electrons. The Kier molecular flexibility index (Phi) is 4.79. The van der Waals surface area contributed by atoms with Gasteiger partial charge in [0.05, 0.1) is 5.69 Å². The molecule has 5 nitrogen and oxygen atoms in total. The van der Waals surface area contributed by atoms with Gasteiger partial charge in [-0.25, -0.2) is 9.38 Å². The molecule has 6 heteroatoms. The third-order valence-corrected chi connectivity index (χ3v) is 4.02. The molecule has 0 amide bonds. The third kappa shape index (κ3) is 3.85. The molecular formula is C19H19FN4O. The first-order valence-electron chi connectivity index (χ1n) is 7.90. The molecule has 1 heterocycles. The van der Waals surface area contributed by atoms with Crippen LogP contribution in [0, 0.1) is 5.82 Å². The summed E-state index contributed by atoms with van der Waals surface area (Å²) in [4.78, 5) is 3.88. The summed E-state index contributed by atoms with van der Waals surface area (Å²) in [5.41, 5.74) is 13.5. The first-order chi connectivity index (χ1) is 12.0. The van der Waals surface area contributed by atoms with E-state index < -0.39 is 0 Å². The SMILES string of the molecule is CC(c1ccc(-c2ccccc2)c(F)c1)c1cc(CN=C(N)N)on1. The summed E-state index contributed by atoms with van der Waals surface area (Å²) in [7, 11) is 0. The second-order valence-electron chi connectivity index (χ2n) is 5.79. The van der Waals surface area contributed by atoms with Crippen molar-refractivity contribution in [1.29, 1.82) is 0 Å². The van der Waals surface area contributed by atoms with E-state index in [0.29, 0.717) is 17.0 Å². The number of aromatic nitrogens is 1. The highest BCUT2D eigenvalue weighted by molar-refractivity contribution is 5.75. The lowest BCUT2D eigenvalue weighted by Gasteiger charge is -2.11. The van der Waals surface area contributed by atoms with Crippen molar-refractivity contribution in [1.82, 2.24) is 5.16 Å². The van der Waals surface area contributed by atoms with Crippen molar-refractivity contribution in [3.63, 3.8) is 0 Å². The van der Waals surface area contributed by atoms with Crippen molar-refractivity contribution in [3.8, 4) is 11.1 Å². The van der Waals surface area contributed by atoms with Gasteiger partial charge in [0.2, 0.25) is 0 Å². The first-order valence-corrected chi connectivity index (χ1v) is 7.90. The van der Waals surface area contributed by atoms with E-state index in [2.05, 4.69) is 10.1 Å². The van der Waals surface area contributed by atoms with E-state index in [-0.39, 0.29) is 24.2 Å². The molecule has 0 spiro atoms. The monoisotopic (exact) mass is 338 g/mol. The Morgan fingerprint density at radius 1 is 1.16 bits per heavy atom. The van der Waals surface area contributed by atoms with E-state index in [1.54, 1.807) is 12.1 Å².